The Morgan fingerprint density at radius 2 is 1.40 bits per heavy atom. The van der Waals surface area contributed by atoms with Gasteiger partial charge in [0.1, 0.15) is 11.8 Å². The third-order valence-corrected chi connectivity index (χ3v) is 11.2. The Bertz CT molecular complexity index is 1960. The first-order valence-electron chi connectivity index (χ1n) is 14.3. The van der Waals surface area contributed by atoms with Gasteiger partial charge in [0.15, 0.2) is 6.61 Å². The highest BCUT2D eigenvalue weighted by molar-refractivity contribution is 7.89. The van der Waals surface area contributed by atoms with E-state index in [9.17, 15) is 26.4 Å². The van der Waals surface area contributed by atoms with Gasteiger partial charge in [0.25, 0.3) is 11.8 Å². The van der Waals surface area contributed by atoms with Gasteiger partial charge in [-0.2, -0.15) is 13.7 Å². The molecule has 1 fully saturated rings. The van der Waals surface area contributed by atoms with Crippen molar-refractivity contribution in [3.63, 3.8) is 0 Å². The number of ether oxygens (including phenoxy) is 1. The second-order valence-corrected chi connectivity index (χ2v) is 14.5. The number of para-hydroxylation sites is 1. The third kappa shape index (κ3) is 8.22. The summed E-state index contributed by atoms with van der Waals surface area (Å²) in [4.78, 5) is 25.7. The van der Waals surface area contributed by atoms with Crippen molar-refractivity contribution in [1.82, 2.24) is 14.0 Å². The van der Waals surface area contributed by atoms with Gasteiger partial charge in [-0.3, -0.25) is 9.59 Å². The molecule has 1 aliphatic heterocycles. The van der Waals surface area contributed by atoms with E-state index in [2.05, 4.69) is 15.8 Å². The Morgan fingerprint density at radius 3 is 2.04 bits per heavy atom. The minimum atomic E-state index is -4.15. The molecule has 0 aliphatic carbocycles. The highest BCUT2D eigenvalue weighted by Crippen LogP contribution is 2.26. The molecule has 1 saturated heterocycles. The molecule has 15 heteroatoms. The number of nitrogens with one attached hydrogen (secondary N) is 2. The minimum absolute atomic E-state index is 0.0238. The molecule has 2 amide bonds. The number of carbonyl (C=O) groups excluding carboxylic acids is 2. The lowest BCUT2D eigenvalue weighted by Crippen LogP contribution is -2.60. The number of anilines is 1. The SMILES string of the molecule is O=C(COc1ccc(/C=N\NC(=O)[C@@H]2CN(S(=O)(=O)c3ccccc3)CCN2S(=O)(=O)c2ccccc2)cc1)Nc1ccccc1Cl. The van der Waals surface area contributed by atoms with Crippen molar-refractivity contribution in [2.75, 3.05) is 31.6 Å². The zero-order valence-electron chi connectivity index (χ0n) is 24.8. The molecule has 1 aliphatic rings. The molecule has 0 saturated carbocycles. The number of piperazine rings is 1. The van der Waals surface area contributed by atoms with Gasteiger partial charge in [-0.25, -0.2) is 22.3 Å². The van der Waals surface area contributed by atoms with Gasteiger partial charge in [0.05, 0.1) is 26.7 Å². The highest BCUT2D eigenvalue weighted by Gasteiger charge is 2.43. The number of hydrogen-bond acceptors (Lipinski definition) is 8. The van der Waals surface area contributed by atoms with Crippen LogP contribution in [0.15, 0.2) is 124 Å². The Kier molecular flexibility index (Phi) is 10.7. The summed E-state index contributed by atoms with van der Waals surface area (Å²) in [6, 6.07) is 27.2. The van der Waals surface area contributed by atoms with Crippen molar-refractivity contribution >= 4 is 55.4 Å². The summed E-state index contributed by atoms with van der Waals surface area (Å²) in [7, 11) is -8.16. The summed E-state index contributed by atoms with van der Waals surface area (Å²) >= 11 is 6.06. The summed E-state index contributed by atoms with van der Waals surface area (Å²) in [5.74, 6) is -0.796. The van der Waals surface area contributed by atoms with Gasteiger partial charge in [0, 0.05) is 19.6 Å². The van der Waals surface area contributed by atoms with Crippen LogP contribution in [0.3, 0.4) is 0 Å². The van der Waals surface area contributed by atoms with E-state index in [-0.39, 0.29) is 29.5 Å². The van der Waals surface area contributed by atoms with Crippen molar-refractivity contribution in [1.29, 1.82) is 0 Å². The van der Waals surface area contributed by atoms with Crippen molar-refractivity contribution in [3.05, 3.63) is 120 Å². The van der Waals surface area contributed by atoms with Crippen LogP contribution >= 0.6 is 11.6 Å². The fourth-order valence-electron chi connectivity index (χ4n) is 4.72. The number of halogens is 1. The summed E-state index contributed by atoms with van der Waals surface area (Å²) in [5.41, 5.74) is 3.38. The molecule has 1 atom stereocenters. The molecule has 0 radical (unpaired) electrons. The number of hydrazone groups is 1. The van der Waals surface area contributed by atoms with Crippen molar-refractivity contribution < 1.29 is 31.2 Å². The largest absolute Gasteiger partial charge is 0.484 e. The molecule has 12 nitrogen and oxygen atoms in total. The summed E-state index contributed by atoms with van der Waals surface area (Å²) in [6.07, 6.45) is 1.34. The van der Waals surface area contributed by atoms with E-state index in [1.807, 2.05) is 0 Å². The molecule has 2 N–H and O–H groups in total. The lowest BCUT2D eigenvalue weighted by atomic mass is 10.2. The van der Waals surface area contributed by atoms with Gasteiger partial charge in [0.2, 0.25) is 20.0 Å². The lowest BCUT2D eigenvalue weighted by molar-refractivity contribution is -0.125. The molecule has 0 unspecified atom stereocenters. The molecule has 4 aromatic rings. The monoisotopic (exact) mass is 695 g/mol. The maximum absolute atomic E-state index is 13.6. The Morgan fingerprint density at radius 1 is 0.809 bits per heavy atom. The number of sulfonamides is 2. The first-order chi connectivity index (χ1) is 22.6. The van der Waals surface area contributed by atoms with Gasteiger partial charge < -0.3 is 10.1 Å². The number of hydrogen-bond donors (Lipinski definition) is 2. The topological polar surface area (TPSA) is 155 Å². The molecular formula is C32H30ClN5O7S2. The number of nitrogens with zero attached hydrogens (tertiary/aromatic N) is 3. The molecule has 47 heavy (non-hydrogen) atoms. The molecule has 244 valence electrons. The fourth-order valence-corrected chi connectivity index (χ4v) is 7.96. The van der Waals surface area contributed by atoms with Crippen LogP contribution in [0.2, 0.25) is 5.02 Å². The average Bonchev–Trinajstić information content (AvgIpc) is 3.09. The van der Waals surface area contributed by atoms with Crippen molar-refractivity contribution in [2.24, 2.45) is 5.10 Å². The van der Waals surface area contributed by atoms with E-state index in [1.165, 1.54) is 30.5 Å². The normalized spacial score (nSPS) is 16.1. The summed E-state index contributed by atoms with van der Waals surface area (Å²) < 4.78 is 61.4. The minimum Gasteiger partial charge on any atom is -0.484 e. The van der Waals surface area contributed by atoms with Crippen LogP contribution in [-0.4, -0.2) is 75.8 Å². The Hall–Kier alpha value is -4.60. The predicted octanol–water partition coefficient (Wildman–Crippen LogP) is 3.57. The van der Waals surface area contributed by atoms with Crippen LogP contribution in [0.5, 0.6) is 5.75 Å². The van der Waals surface area contributed by atoms with Crippen LogP contribution in [0, 0.1) is 0 Å². The second-order valence-electron chi connectivity index (χ2n) is 10.2. The van der Waals surface area contributed by atoms with E-state index in [1.54, 1.807) is 84.9 Å². The van der Waals surface area contributed by atoms with E-state index in [0.717, 1.165) is 8.61 Å². The smallest absolute Gasteiger partial charge is 0.262 e. The fraction of sp³-hybridized carbons (Fsp3) is 0.156. The van der Waals surface area contributed by atoms with Crippen LogP contribution in [-0.2, 0) is 29.6 Å². The second kappa shape index (κ2) is 14.9. The van der Waals surface area contributed by atoms with Crippen LogP contribution < -0.4 is 15.5 Å². The van der Waals surface area contributed by atoms with Crippen molar-refractivity contribution in [2.45, 2.75) is 15.8 Å². The molecular weight excluding hydrogens is 666 g/mol. The Labute approximate surface area is 277 Å². The standard InChI is InChI=1S/C32H30ClN5O7S2/c33-28-13-7-8-14-29(28)35-31(39)23-45-25-17-15-24(16-18-25)21-34-36-32(40)30-22-37(46(41,42)26-9-3-1-4-10-26)19-20-38(30)47(43,44)27-11-5-2-6-12-27/h1-18,21,30H,19-20,22-23H2,(H,35,39)(H,36,40)/b34-21-/t30-/m0/s1. The van der Waals surface area contributed by atoms with Crippen LogP contribution in [0.1, 0.15) is 5.56 Å². The van der Waals surface area contributed by atoms with Gasteiger partial charge in [-0.15, -0.1) is 0 Å². The van der Waals surface area contributed by atoms with Crippen LogP contribution in [0.4, 0.5) is 5.69 Å². The molecule has 5 rings (SSSR count). The quantitative estimate of drug-likeness (QED) is 0.180. The van der Waals surface area contributed by atoms with Gasteiger partial charge >= 0.3 is 0 Å². The molecule has 0 aromatic heterocycles. The molecule has 0 bridgehead atoms. The number of carbonyl (C=O) groups is 2. The third-order valence-electron chi connectivity index (χ3n) is 7.11. The lowest BCUT2D eigenvalue weighted by Gasteiger charge is -2.38. The number of rotatable bonds is 11. The van der Waals surface area contributed by atoms with E-state index >= 15 is 0 Å². The first kappa shape index (κ1) is 33.8. The first-order valence-corrected chi connectivity index (χ1v) is 17.5. The zero-order valence-corrected chi connectivity index (χ0v) is 27.2. The van der Waals surface area contributed by atoms with E-state index < -0.39 is 44.4 Å². The number of amides is 2. The van der Waals surface area contributed by atoms with Crippen LogP contribution in [0.25, 0.3) is 0 Å². The molecule has 4 aromatic carbocycles. The maximum Gasteiger partial charge on any atom is 0.262 e. The predicted molar refractivity (Wildman–Crippen MR) is 177 cm³/mol. The number of benzene rings is 4. The van der Waals surface area contributed by atoms with E-state index in [4.69, 9.17) is 16.3 Å². The summed E-state index contributed by atoms with van der Waals surface area (Å²) in [6.45, 7) is -1.06. The Balaban J connectivity index is 1.25. The summed E-state index contributed by atoms with van der Waals surface area (Å²) in [5, 5.41) is 7.05. The highest BCUT2D eigenvalue weighted by atomic mass is 35.5. The average molecular weight is 696 g/mol. The van der Waals surface area contributed by atoms with Gasteiger partial charge in [-0.05, 0) is 66.2 Å². The van der Waals surface area contributed by atoms with E-state index in [0.29, 0.717) is 22.0 Å². The molecule has 1 heterocycles. The zero-order chi connectivity index (χ0) is 33.4. The van der Waals surface area contributed by atoms with Crippen molar-refractivity contribution in [3.8, 4) is 5.75 Å². The maximum atomic E-state index is 13.6. The molecule has 0 spiro atoms. The van der Waals surface area contributed by atoms with Gasteiger partial charge in [-0.1, -0.05) is 60.1 Å².